The molecule has 10 nitrogen and oxygen atoms in total. The van der Waals surface area contributed by atoms with Crippen molar-refractivity contribution in [3.63, 3.8) is 0 Å². The number of sulfonamides is 1. The predicted molar refractivity (Wildman–Crippen MR) is 107 cm³/mol. The summed E-state index contributed by atoms with van der Waals surface area (Å²) in [6, 6.07) is 10.3. The fourth-order valence-corrected chi connectivity index (χ4v) is 4.49. The minimum absolute atomic E-state index is 0.0755. The number of ether oxygens (including phenoxy) is 4. The zero-order valence-corrected chi connectivity index (χ0v) is 17.2. The Kier molecular flexibility index (Phi) is 6.07. The number of amides is 1. The Balaban J connectivity index is 1.32. The number of hydrogen-bond donors (Lipinski definition) is 1. The first-order valence-electron chi connectivity index (χ1n) is 9.48. The first-order valence-corrected chi connectivity index (χ1v) is 10.9. The van der Waals surface area contributed by atoms with Crippen molar-refractivity contribution in [3.05, 3.63) is 48.0 Å². The molecular weight excluding hydrogens is 428 g/mol. The van der Waals surface area contributed by atoms with Crippen molar-refractivity contribution in [2.24, 2.45) is 0 Å². The van der Waals surface area contributed by atoms with Crippen LogP contribution in [-0.2, 0) is 24.3 Å². The maximum absolute atomic E-state index is 12.6. The molecule has 1 N–H and O–H groups in total. The molecule has 2 aromatic carbocycles. The van der Waals surface area contributed by atoms with E-state index in [4.69, 9.17) is 18.9 Å². The zero-order valence-electron chi connectivity index (χ0n) is 16.4. The quantitative estimate of drug-likeness (QED) is 0.655. The third-order valence-corrected chi connectivity index (χ3v) is 6.60. The van der Waals surface area contributed by atoms with Crippen molar-refractivity contribution < 1.29 is 37.0 Å². The summed E-state index contributed by atoms with van der Waals surface area (Å²) < 4.78 is 47.2. The van der Waals surface area contributed by atoms with Gasteiger partial charge in [0.25, 0.3) is 5.91 Å². The number of carbonyl (C=O) groups is 2. The molecule has 0 aromatic heterocycles. The standard InChI is InChI=1S/C20H20N2O8S/c23-19(21-15-3-6-17-18(11-15)30-13-29-17)12-28-20(24)14-1-4-16(5-2-14)31(25,26)22-7-9-27-10-8-22/h1-6,11H,7-10,12-13H2,(H,21,23). The van der Waals surface area contributed by atoms with E-state index < -0.39 is 28.5 Å². The summed E-state index contributed by atoms with van der Waals surface area (Å²) in [6.07, 6.45) is 0. The van der Waals surface area contributed by atoms with Gasteiger partial charge in [0.05, 0.1) is 23.7 Å². The lowest BCUT2D eigenvalue weighted by atomic mass is 10.2. The van der Waals surface area contributed by atoms with Crippen LogP contribution in [0, 0.1) is 0 Å². The van der Waals surface area contributed by atoms with Crippen molar-refractivity contribution in [2.45, 2.75) is 4.90 Å². The smallest absolute Gasteiger partial charge is 0.338 e. The van der Waals surface area contributed by atoms with Crippen LogP contribution in [0.25, 0.3) is 0 Å². The Hall–Kier alpha value is -3.15. The number of nitrogens with zero attached hydrogens (tertiary/aromatic N) is 1. The van der Waals surface area contributed by atoms with Gasteiger partial charge in [-0.25, -0.2) is 13.2 Å². The predicted octanol–water partition coefficient (Wildman–Crippen LogP) is 1.23. The number of benzene rings is 2. The second-order valence-corrected chi connectivity index (χ2v) is 8.67. The van der Waals surface area contributed by atoms with Gasteiger partial charge in [-0.15, -0.1) is 0 Å². The fraction of sp³-hybridized carbons (Fsp3) is 0.300. The summed E-state index contributed by atoms with van der Waals surface area (Å²) in [5.74, 6) is -0.166. The van der Waals surface area contributed by atoms with E-state index in [2.05, 4.69) is 5.32 Å². The molecule has 11 heteroatoms. The summed E-state index contributed by atoms with van der Waals surface area (Å²) in [5, 5.41) is 2.60. The molecule has 4 rings (SSSR count). The number of hydrogen-bond acceptors (Lipinski definition) is 8. The molecular formula is C20H20N2O8S. The monoisotopic (exact) mass is 448 g/mol. The first-order chi connectivity index (χ1) is 14.9. The van der Waals surface area contributed by atoms with Gasteiger partial charge in [0, 0.05) is 24.8 Å². The van der Waals surface area contributed by atoms with E-state index in [-0.39, 0.29) is 30.3 Å². The molecule has 2 aliphatic rings. The minimum Gasteiger partial charge on any atom is -0.454 e. The van der Waals surface area contributed by atoms with Crippen LogP contribution in [0.15, 0.2) is 47.4 Å². The number of carbonyl (C=O) groups excluding carboxylic acids is 2. The molecule has 1 fully saturated rings. The summed E-state index contributed by atoms with van der Waals surface area (Å²) >= 11 is 0. The lowest BCUT2D eigenvalue weighted by molar-refractivity contribution is -0.119. The van der Waals surface area contributed by atoms with E-state index in [0.29, 0.717) is 30.4 Å². The van der Waals surface area contributed by atoms with Gasteiger partial charge in [-0.3, -0.25) is 4.79 Å². The van der Waals surface area contributed by atoms with E-state index >= 15 is 0 Å². The number of fused-ring (bicyclic) bond motifs is 1. The highest BCUT2D eigenvalue weighted by Crippen LogP contribution is 2.34. The normalized spacial score (nSPS) is 16.0. The number of anilines is 1. The van der Waals surface area contributed by atoms with E-state index in [1.807, 2.05) is 0 Å². The van der Waals surface area contributed by atoms with Crippen molar-refractivity contribution in [3.8, 4) is 11.5 Å². The summed E-state index contributed by atoms with van der Waals surface area (Å²) in [4.78, 5) is 24.3. The molecule has 0 saturated carbocycles. The molecule has 0 bridgehead atoms. The highest BCUT2D eigenvalue weighted by Gasteiger charge is 2.26. The van der Waals surface area contributed by atoms with Crippen LogP contribution in [0.3, 0.4) is 0 Å². The third kappa shape index (κ3) is 4.79. The van der Waals surface area contributed by atoms with E-state index in [1.165, 1.54) is 28.6 Å². The van der Waals surface area contributed by atoms with Gasteiger partial charge in [-0.05, 0) is 36.4 Å². The Morgan fingerprint density at radius 3 is 2.45 bits per heavy atom. The van der Waals surface area contributed by atoms with Gasteiger partial charge >= 0.3 is 5.97 Å². The molecule has 31 heavy (non-hydrogen) atoms. The van der Waals surface area contributed by atoms with Gasteiger partial charge in [0.1, 0.15) is 0 Å². The highest BCUT2D eigenvalue weighted by molar-refractivity contribution is 7.89. The summed E-state index contributed by atoms with van der Waals surface area (Å²) in [6.45, 7) is 0.878. The SMILES string of the molecule is O=C(COC(=O)c1ccc(S(=O)(=O)N2CCOCC2)cc1)Nc1ccc2c(c1)OCO2. The van der Waals surface area contributed by atoms with Gasteiger partial charge in [0.2, 0.25) is 16.8 Å². The van der Waals surface area contributed by atoms with E-state index in [0.717, 1.165) is 0 Å². The lowest BCUT2D eigenvalue weighted by Crippen LogP contribution is -2.40. The molecule has 0 aliphatic carbocycles. The third-order valence-electron chi connectivity index (χ3n) is 4.69. The first kappa shape index (κ1) is 21.1. The number of morpholine rings is 1. The van der Waals surface area contributed by atoms with Crippen LogP contribution in [0.5, 0.6) is 11.5 Å². The van der Waals surface area contributed by atoms with Crippen molar-refractivity contribution in [2.75, 3.05) is 45.0 Å². The van der Waals surface area contributed by atoms with E-state index in [9.17, 15) is 18.0 Å². The highest BCUT2D eigenvalue weighted by atomic mass is 32.2. The number of rotatable bonds is 6. The molecule has 164 valence electrons. The Bertz CT molecular complexity index is 1080. The summed E-state index contributed by atoms with van der Waals surface area (Å²) in [5.41, 5.74) is 0.611. The Morgan fingerprint density at radius 2 is 1.71 bits per heavy atom. The second-order valence-electron chi connectivity index (χ2n) is 6.73. The molecule has 2 aliphatic heterocycles. The summed E-state index contributed by atoms with van der Waals surface area (Å²) in [7, 11) is -3.65. The molecule has 0 unspecified atom stereocenters. The molecule has 1 saturated heterocycles. The Labute approximate surface area is 178 Å². The molecule has 1 amide bonds. The van der Waals surface area contributed by atoms with Gasteiger partial charge < -0.3 is 24.3 Å². The topological polar surface area (TPSA) is 120 Å². The maximum atomic E-state index is 12.6. The van der Waals surface area contributed by atoms with Crippen molar-refractivity contribution in [1.29, 1.82) is 0 Å². The molecule has 0 spiro atoms. The zero-order chi connectivity index (χ0) is 21.8. The van der Waals surface area contributed by atoms with E-state index in [1.54, 1.807) is 18.2 Å². The van der Waals surface area contributed by atoms with Gasteiger partial charge in [-0.1, -0.05) is 0 Å². The molecule has 0 atom stereocenters. The second kappa shape index (κ2) is 8.92. The van der Waals surface area contributed by atoms with Gasteiger partial charge in [-0.2, -0.15) is 4.31 Å². The Morgan fingerprint density at radius 1 is 1.00 bits per heavy atom. The molecule has 2 heterocycles. The maximum Gasteiger partial charge on any atom is 0.338 e. The van der Waals surface area contributed by atoms with Crippen LogP contribution < -0.4 is 14.8 Å². The number of esters is 1. The van der Waals surface area contributed by atoms with Crippen LogP contribution in [-0.4, -0.2) is 64.3 Å². The van der Waals surface area contributed by atoms with Crippen LogP contribution in [0.4, 0.5) is 5.69 Å². The van der Waals surface area contributed by atoms with Crippen LogP contribution >= 0.6 is 0 Å². The average Bonchev–Trinajstić information content (AvgIpc) is 3.26. The van der Waals surface area contributed by atoms with Gasteiger partial charge in [0.15, 0.2) is 18.1 Å². The lowest BCUT2D eigenvalue weighted by Gasteiger charge is -2.26. The number of nitrogens with one attached hydrogen (secondary N) is 1. The average molecular weight is 448 g/mol. The van der Waals surface area contributed by atoms with Crippen LogP contribution in [0.1, 0.15) is 10.4 Å². The van der Waals surface area contributed by atoms with Crippen molar-refractivity contribution in [1.82, 2.24) is 4.31 Å². The van der Waals surface area contributed by atoms with Crippen molar-refractivity contribution >= 4 is 27.6 Å². The van der Waals surface area contributed by atoms with Crippen LogP contribution in [0.2, 0.25) is 0 Å². The molecule has 2 aromatic rings. The minimum atomic E-state index is -3.65. The largest absolute Gasteiger partial charge is 0.454 e. The fourth-order valence-electron chi connectivity index (χ4n) is 3.08. The molecule has 0 radical (unpaired) electrons.